The van der Waals surface area contributed by atoms with Gasteiger partial charge in [0.2, 0.25) is 5.78 Å². The minimum absolute atomic E-state index is 0. The number of carboxylic acid groups (broad SMARTS) is 1. The summed E-state index contributed by atoms with van der Waals surface area (Å²) in [5.74, 6) is -1.87. The summed E-state index contributed by atoms with van der Waals surface area (Å²) in [6.45, 7) is -0.740. The number of ketones is 1. The number of hydrogen-bond acceptors (Lipinski definition) is 5. The van der Waals surface area contributed by atoms with Crippen LogP contribution in [0.5, 0.6) is 0 Å². The average Bonchev–Trinajstić information content (AvgIpc) is 2.38. The molecule has 0 atom stereocenters. The zero-order valence-electron chi connectivity index (χ0n) is 12.1. The number of aliphatic carboxylic acids is 1. The molecule has 0 saturated carbocycles. The van der Waals surface area contributed by atoms with Crippen molar-refractivity contribution in [2.75, 3.05) is 20.2 Å². The van der Waals surface area contributed by atoms with E-state index < -0.39 is 18.4 Å². The smallest absolute Gasteiger partial charge is 0.285 e. The summed E-state index contributed by atoms with van der Waals surface area (Å²) in [6.07, 6.45) is 6.10. The summed E-state index contributed by atoms with van der Waals surface area (Å²) in [5.41, 5.74) is 0.338. The van der Waals surface area contributed by atoms with Crippen LogP contribution in [0, 0.1) is 0 Å². The number of carbonyl (C=O) groups is 3. The molecule has 0 unspecified atom stereocenters. The molecule has 0 aromatic heterocycles. The number of ether oxygens (including phenoxy) is 1. The van der Waals surface area contributed by atoms with Gasteiger partial charge < -0.3 is 41.7 Å². The summed E-state index contributed by atoms with van der Waals surface area (Å²) >= 11 is 0. The van der Waals surface area contributed by atoms with Crippen LogP contribution in [0.2, 0.25) is 0 Å². The van der Waals surface area contributed by atoms with E-state index in [1.165, 1.54) is 19.4 Å². The van der Waals surface area contributed by atoms with Gasteiger partial charge in [0, 0.05) is 28.3 Å². The number of carboxylic acids is 1. The van der Waals surface area contributed by atoms with Crippen LogP contribution in [-0.4, -0.2) is 59.4 Å². The first-order valence-corrected chi connectivity index (χ1v) is 5.37. The van der Waals surface area contributed by atoms with Crippen LogP contribution in [0.15, 0.2) is 35.8 Å². The number of methoxy groups -OCH3 is 1. The minimum atomic E-state index is -1.17. The molecule has 0 aromatic rings. The van der Waals surface area contributed by atoms with E-state index in [2.05, 4.69) is 10.6 Å². The van der Waals surface area contributed by atoms with Crippen molar-refractivity contribution in [3.8, 4) is 0 Å². The minimum Gasteiger partial charge on any atom is -0.643 e. The third-order valence-corrected chi connectivity index (χ3v) is 2.13. The van der Waals surface area contributed by atoms with Crippen molar-refractivity contribution in [1.29, 1.82) is 0 Å². The maximum Gasteiger partial charge on any atom is 0.285 e. The fourth-order valence-corrected chi connectivity index (χ4v) is 1.27. The Bertz CT molecular complexity index is 487. The predicted molar refractivity (Wildman–Crippen MR) is 77.0 cm³/mol. The monoisotopic (exact) mass is 377 g/mol. The molecule has 0 saturated heterocycles. The van der Waals surface area contributed by atoms with Gasteiger partial charge in [0.15, 0.2) is 5.76 Å². The summed E-state index contributed by atoms with van der Waals surface area (Å²) in [6, 6.07) is 0. The Morgan fingerprint density at radius 3 is 2.48 bits per heavy atom. The van der Waals surface area contributed by atoms with E-state index in [1.54, 1.807) is 12.2 Å². The van der Waals surface area contributed by atoms with Crippen LogP contribution < -0.4 is 5.32 Å². The Balaban J connectivity index is -0.000000451. The van der Waals surface area contributed by atoms with Crippen LogP contribution in [0.3, 0.4) is 0 Å². The molecule has 0 heterocycles. The van der Waals surface area contributed by atoms with Gasteiger partial charge >= 0.3 is 0 Å². The maximum atomic E-state index is 11.7. The number of nitrogens with one attached hydrogen (secondary N) is 1. The van der Waals surface area contributed by atoms with Crippen LogP contribution in [0.4, 0.5) is 0 Å². The Morgan fingerprint density at radius 2 is 1.96 bits per heavy atom. The molecule has 0 aromatic carbocycles. The van der Waals surface area contributed by atoms with Gasteiger partial charge in [-0.15, -0.1) is 0 Å². The van der Waals surface area contributed by atoms with E-state index in [0.29, 0.717) is 5.57 Å². The maximum absolute atomic E-state index is 11.7. The summed E-state index contributed by atoms with van der Waals surface area (Å²) in [4.78, 5) is 33.0. The van der Waals surface area contributed by atoms with Crippen molar-refractivity contribution in [1.82, 2.24) is 5.32 Å². The molecule has 1 amide bonds. The SMILES string of the molecule is COC1=CC=C/C(=C/NCC(=O)[N-]CC(=O)O)C1=O.O.O.O.[Ni]. The molecule has 0 aliphatic heterocycles. The van der Waals surface area contributed by atoms with Crippen molar-refractivity contribution in [2.45, 2.75) is 0 Å². The molecule has 0 radical (unpaired) electrons. The first-order valence-electron chi connectivity index (χ1n) is 5.37. The molecule has 1 rings (SSSR count). The first kappa shape index (κ1) is 28.9. The number of rotatable bonds is 6. The van der Waals surface area contributed by atoms with Crippen molar-refractivity contribution in [3.05, 3.63) is 41.1 Å². The zero-order valence-corrected chi connectivity index (χ0v) is 13.1. The molecule has 0 spiro atoms. The standard InChI is InChI=1S/C12H14N2O5.Ni.3H2O/c1-19-9-4-2-3-8(12(9)18)5-13-6-10(15)14-7-11(16)17;;;;/h2-5H,6-7H2,1H3,(H3,13,14,15,16,17,18);;3*1H2/p-1. The number of hydrogen-bond donors (Lipinski definition) is 2. The number of carbonyl (C=O) groups excluding carboxylic acids is 2. The van der Waals surface area contributed by atoms with Crippen LogP contribution in [0.1, 0.15) is 0 Å². The second kappa shape index (κ2) is 14.7. The third kappa shape index (κ3) is 10.2. The van der Waals surface area contributed by atoms with Crippen molar-refractivity contribution in [3.63, 3.8) is 0 Å². The Labute approximate surface area is 142 Å². The molecule has 0 bridgehead atoms. The molecule has 11 heteroatoms. The summed E-state index contributed by atoms with van der Waals surface area (Å²) < 4.78 is 4.87. The van der Waals surface area contributed by atoms with Crippen molar-refractivity contribution < 1.29 is 57.1 Å². The largest absolute Gasteiger partial charge is 0.643 e. The van der Waals surface area contributed by atoms with E-state index in [0.717, 1.165) is 0 Å². The van der Waals surface area contributed by atoms with E-state index in [1.807, 2.05) is 0 Å². The number of allylic oxidation sites excluding steroid dienone is 4. The molecule has 23 heavy (non-hydrogen) atoms. The fraction of sp³-hybridized carbons (Fsp3) is 0.250. The van der Waals surface area contributed by atoms with Gasteiger partial charge in [0.05, 0.1) is 19.6 Å². The first-order chi connectivity index (χ1) is 9.04. The normalized spacial score (nSPS) is 13.2. The van der Waals surface area contributed by atoms with Gasteiger partial charge in [-0.05, 0) is 18.7 Å². The molecule has 10 nitrogen and oxygen atoms in total. The van der Waals surface area contributed by atoms with Gasteiger partial charge in [-0.1, -0.05) is 6.08 Å². The second-order valence-electron chi connectivity index (χ2n) is 3.51. The fourth-order valence-electron chi connectivity index (χ4n) is 1.27. The Morgan fingerprint density at radius 1 is 1.35 bits per heavy atom. The van der Waals surface area contributed by atoms with E-state index in [4.69, 9.17) is 9.84 Å². The zero-order chi connectivity index (χ0) is 14.3. The van der Waals surface area contributed by atoms with E-state index in [9.17, 15) is 14.4 Å². The van der Waals surface area contributed by atoms with E-state index >= 15 is 0 Å². The topological polar surface area (TPSA) is 201 Å². The molecule has 1 aliphatic carbocycles. The van der Waals surface area contributed by atoms with Crippen LogP contribution in [-0.2, 0) is 35.6 Å². The molecule has 8 N–H and O–H groups in total. The van der Waals surface area contributed by atoms with Gasteiger partial charge in [0.25, 0.3) is 5.97 Å². The van der Waals surface area contributed by atoms with Crippen molar-refractivity contribution in [2.24, 2.45) is 0 Å². The third-order valence-electron chi connectivity index (χ3n) is 2.13. The Kier molecular flexibility index (Phi) is 18.5. The molecular formula is C12H19N2NiO8-. The van der Waals surface area contributed by atoms with Gasteiger partial charge in [0.1, 0.15) is 0 Å². The molecule has 136 valence electrons. The van der Waals surface area contributed by atoms with Crippen molar-refractivity contribution >= 4 is 17.7 Å². The predicted octanol–water partition coefficient (Wildman–Crippen LogP) is -2.36. The summed E-state index contributed by atoms with van der Waals surface area (Å²) in [7, 11) is 1.39. The van der Waals surface area contributed by atoms with Crippen LogP contribution in [0.25, 0.3) is 5.32 Å². The average molecular weight is 378 g/mol. The van der Waals surface area contributed by atoms with Gasteiger partial charge in [-0.25, -0.2) is 0 Å². The second-order valence-corrected chi connectivity index (χ2v) is 3.51. The number of Topliss-reactive ketones (excluding diaryl/α,β-unsaturated/α-hetero) is 1. The van der Waals surface area contributed by atoms with Gasteiger partial charge in [-0.2, -0.15) is 0 Å². The number of amides is 1. The van der Waals surface area contributed by atoms with Crippen LogP contribution >= 0.6 is 0 Å². The van der Waals surface area contributed by atoms with E-state index in [-0.39, 0.29) is 51.0 Å². The quantitative estimate of drug-likeness (QED) is 0.382. The summed E-state index contributed by atoms with van der Waals surface area (Å²) in [5, 5.41) is 14.2. The molecule has 1 aliphatic rings. The van der Waals surface area contributed by atoms with Gasteiger partial charge in [-0.3, -0.25) is 9.59 Å². The molecular weight excluding hydrogens is 359 g/mol. The Hall–Kier alpha value is -2.20. The number of nitrogens with zero attached hydrogens (tertiary/aromatic N) is 1. The molecule has 0 fully saturated rings.